The van der Waals surface area contributed by atoms with E-state index in [-0.39, 0.29) is 41.3 Å². The van der Waals surface area contributed by atoms with E-state index in [1.807, 2.05) is 13.8 Å². The molecule has 196 valence electrons. The van der Waals surface area contributed by atoms with Gasteiger partial charge in [-0.2, -0.15) is 23.3 Å². The van der Waals surface area contributed by atoms with Crippen LogP contribution in [0.25, 0.3) is 34.1 Å². The molecule has 0 aliphatic heterocycles. The number of rotatable bonds is 6. The Balaban J connectivity index is 1.46. The summed E-state index contributed by atoms with van der Waals surface area (Å²) in [4.78, 5) is 31.3. The number of hydrogen-bond donors (Lipinski definition) is 1. The number of nitrogens with one attached hydrogen (secondary N) is 1. The Bertz CT molecular complexity index is 1690. The Morgan fingerprint density at radius 3 is 2.50 bits per heavy atom. The zero-order valence-electron chi connectivity index (χ0n) is 20.3. The summed E-state index contributed by atoms with van der Waals surface area (Å²) in [5.74, 6) is 0.484. The number of nitrogens with zero attached hydrogens (tertiary/aromatic N) is 7. The van der Waals surface area contributed by atoms with Crippen molar-refractivity contribution in [1.29, 1.82) is 0 Å². The molecule has 10 nitrogen and oxygen atoms in total. The maximum Gasteiger partial charge on any atom is 0.434 e. The zero-order valence-corrected chi connectivity index (χ0v) is 21.0. The number of fused-ring (bicyclic) bond motifs is 1. The molecule has 38 heavy (non-hydrogen) atoms. The van der Waals surface area contributed by atoms with E-state index >= 15 is 0 Å². The standard InChI is InChI=1S/C24H20ClF3N8O2/c1-12(2)36-19(15(25)8-30-36)21-33-20-18(29-9-17(37)32-20)23(34-21)38-11-13-4-6-14(7-5-13)22-31-16(10-35(22)3)24(26,27)28/h4-10,12H,11H2,1-3H3,(H,32,33,34,37). The number of alkyl halides is 3. The third-order valence-electron chi connectivity index (χ3n) is 5.61. The van der Waals surface area contributed by atoms with Gasteiger partial charge in [0.2, 0.25) is 5.88 Å². The van der Waals surface area contributed by atoms with Crippen molar-refractivity contribution in [1.82, 2.24) is 39.3 Å². The average molecular weight is 545 g/mol. The minimum absolute atomic E-state index is 0.0430. The second-order valence-corrected chi connectivity index (χ2v) is 9.13. The van der Waals surface area contributed by atoms with Crippen LogP contribution < -0.4 is 10.3 Å². The predicted molar refractivity (Wildman–Crippen MR) is 133 cm³/mol. The van der Waals surface area contributed by atoms with E-state index in [0.717, 1.165) is 12.4 Å². The summed E-state index contributed by atoms with van der Waals surface area (Å²) in [6, 6.07) is 6.69. The minimum atomic E-state index is -4.53. The number of aryl methyl sites for hydroxylation is 1. The van der Waals surface area contributed by atoms with Crippen LogP contribution in [-0.2, 0) is 19.8 Å². The van der Waals surface area contributed by atoms with Gasteiger partial charge in [0.25, 0.3) is 5.56 Å². The first-order valence-corrected chi connectivity index (χ1v) is 11.7. The Kier molecular flexibility index (Phi) is 6.39. The normalized spacial score (nSPS) is 12.0. The Morgan fingerprint density at radius 1 is 1.11 bits per heavy atom. The van der Waals surface area contributed by atoms with Crippen LogP contribution >= 0.6 is 11.6 Å². The van der Waals surface area contributed by atoms with Crippen LogP contribution in [-0.4, -0.2) is 39.3 Å². The highest BCUT2D eigenvalue weighted by Gasteiger charge is 2.34. The first kappa shape index (κ1) is 25.4. The van der Waals surface area contributed by atoms with Gasteiger partial charge in [-0.3, -0.25) is 9.48 Å². The summed E-state index contributed by atoms with van der Waals surface area (Å²) >= 11 is 6.37. The van der Waals surface area contributed by atoms with Crippen LogP contribution in [0.2, 0.25) is 5.02 Å². The van der Waals surface area contributed by atoms with E-state index in [9.17, 15) is 18.0 Å². The number of benzene rings is 1. The molecular weight excluding hydrogens is 525 g/mol. The lowest BCUT2D eigenvalue weighted by Gasteiger charge is -2.13. The third-order valence-corrected chi connectivity index (χ3v) is 5.89. The number of H-pyrrole nitrogens is 1. The van der Waals surface area contributed by atoms with Crippen molar-refractivity contribution < 1.29 is 17.9 Å². The highest BCUT2D eigenvalue weighted by molar-refractivity contribution is 6.32. The van der Waals surface area contributed by atoms with Crippen molar-refractivity contribution in [2.45, 2.75) is 32.7 Å². The quantitative estimate of drug-likeness (QED) is 0.326. The molecule has 0 aliphatic carbocycles. The molecule has 0 unspecified atom stereocenters. The van der Waals surface area contributed by atoms with Gasteiger partial charge in [-0.1, -0.05) is 35.9 Å². The van der Waals surface area contributed by atoms with Crippen molar-refractivity contribution in [2.24, 2.45) is 7.05 Å². The van der Waals surface area contributed by atoms with E-state index < -0.39 is 17.4 Å². The molecule has 0 atom stereocenters. The minimum Gasteiger partial charge on any atom is -0.471 e. The van der Waals surface area contributed by atoms with Gasteiger partial charge in [-0.05, 0) is 19.4 Å². The van der Waals surface area contributed by atoms with E-state index in [0.29, 0.717) is 21.8 Å². The monoisotopic (exact) mass is 544 g/mol. The summed E-state index contributed by atoms with van der Waals surface area (Å²) in [5.41, 5.74) is 0.670. The van der Waals surface area contributed by atoms with Crippen molar-refractivity contribution in [3.8, 4) is 28.8 Å². The fourth-order valence-electron chi connectivity index (χ4n) is 3.83. The Labute approximate surface area is 218 Å². The average Bonchev–Trinajstić information content (AvgIpc) is 3.45. The molecule has 0 saturated carbocycles. The molecule has 4 heterocycles. The van der Waals surface area contributed by atoms with Crippen LogP contribution in [0, 0.1) is 0 Å². The van der Waals surface area contributed by atoms with Gasteiger partial charge in [0.1, 0.15) is 18.1 Å². The van der Waals surface area contributed by atoms with E-state index in [4.69, 9.17) is 16.3 Å². The first-order valence-electron chi connectivity index (χ1n) is 11.3. The highest BCUT2D eigenvalue weighted by atomic mass is 35.5. The molecular formula is C24H20ClF3N8O2. The predicted octanol–water partition coefficient (Wildman–Crippen LogP) is 4.81. The molecule has 0 saturated heterocycles. The fraction of sp³-hybridized carbons (Fsp3) is 0.250. The molecule has 0 radical (unpaired) electrons. The summed E-state index contributed by atoms with van der Waals surface area (Å²) in [6.07, 6.45) is -1.00. The van der Waals surface area contributed by atoms with Crippen LogP contribution in [0.1, 0.15) is 31.1 Å². The first-order chi connectivity index (χ1) is 18.0. The van der Waals surface area contributed by atoms with Crippen molar-refractivity contribution in [2.75, 3.05) is 0 Å². The van der Waals surface area contributed by atoms with Crippen molar-refractivity contribution >= 4 is 22.8 Å². The third kappa shape index (κ3) is 4.84. The lowest BCUT2D eigenvalue weighted by Crippen LogP contribution is -2.11. The Morgan fingerprint density at radius 2 is 1.84 bits per heavy atom. The molecule has 0 amide bonds. The van der Waals surface area contributed by atoms with Gasteiger partial charge in [0.15, 0.2) is 22.7 Å². The van der Waals surface area contributed by atoms with Gasteiger partial charge >= 0.3 is 6.18 Å². The topological polar surface area (TPSA) is 116 Å². The number of imidazole rings is 1. The largest absolute Gasteiger partial charge is 0.471 e. The zero-order chi connectivity index (χ0) is 27.2. The summed E-state index contributed by atoms with van der Waals surface area (Å²) in [7, 11) is 1.50. The fourth-order valence-corrected chi connectivity index (χ4v) is 4.05. The van der Waals surface area contributed by atoms with Gasteiger partial charge in [0.05, 0.1) is 17.4 Å². The van der Waals surface area contributed by atoms with Gasteiger partial charge < -0.3 is 14.3 Å². The van der Waals surface area contributed by atoms with E-state index in [2.05, 4.69) is 30.0 Å². The molecule has 14 heteroatoms. The molecule has 0 fully saturated rings. The summed E-state index contributed by atoms with van der Waals surface area (Å²) < 4.78 is 48.0. The molecule has 0 bridgehead atoms. The van der Waals surface area contributed by atoms with Gasteiger partial charge in [-0.15, -0.1) is 0 Å². The molecule has 1 aromatic carbocycles. The van der Waals surface area contributed by atoms with Crippen LogP contribution in [0.3, 0.4) is 0 Å². The number of hydrogen-bond acceptors (Lipinski definition) is 7. The molecule has 0 spiro atoms. The molecule has 1 N–H and O–H groups in total. The van der Waals surface area contributed by atoms with Crippen molar-refractivity contribution in [3.05, 3.63) is 69.5 Å². The number of halogens is 4. The molecule has 5 rings (SSSR count). The summed E-state index contributed by atoms with van der Waals surface area (Å²) in [5, 5.41) is 4.60. The lowest BCUT2D eigenvalue weighted by atomic mass is 10.1. The van der Waals surface area contributed by atoms with Crippen LogP contribution in [0.15, 0.2) is 47.7 Å². The lowest BCUT2D eigenvalue weighted by molar-refractivity contribution is -0.140. The molecule has 5 aromatic rings. The highest BCUT2D eigenvalue weighted by Crippen LogP contribution is 2.32. The molecule has 0 aliphatic rings. The number of aromatic amines is 1. The SMILES string of the molecule is CC(C)n1ncc(Cl)c1-c1nc(OCc2ccc(-c3nc(C(F)(F)F)cn3C)cc2)c2ncc(=O)[nH]c2n1. The second kappa shape index (κ2) is 9.56. The van der Waals surface area contributed by atoms with E-state index in [1.165, 1.54) is 17.8 Å². The summed E-state index contributed by atoms with van der Waals surface area (Å²) in [6.45, 7) is 3.90. The van der Waals surface area contributed by atoms with E-state index in [1.54, 1.807) is 28.9 Å². The van der Waals surface area contributed by atoms with Crippen molar-refractivity contribution in [3.63, 3.8) is 0 Å². The number of aromatic nitrogens is 8. The number of ether oxygens (including phenoxy) is 1. The maximum atomic E-state index is 13.0. The smallest absolute Gasteiger partial charge is 0.434 e. The maximum absolute atomic E-state index is 13.0. The van der Waals surface area contributed by atoms with Crippen LogP contribution in [0.5, 0.6) is 5.88 Å². The van der Waals surface area contributed by atoms with Crippen LogP contribution in [0.4, 0.5) is 13.2 Å². The molecule has 4 aromatic heterocycles. The Hall–Kier alpha value is -4.26. The van der Waals surface area contributed by atoms with Gasteiger partial charge in [-0.25, -0.2) is 15.0 Å². The van der Waals surface area contributed by atoms with Gasteiger partial charge in [0, 0.05) is 24.8 Å². The second-order valence-electron chi connectivity index (χ2n) is 8.72.